The van der Waals surface area contributed by atoms with E-state index in [4.69, 9.17) is 27.1 Å². The van der Waals surface area contributed by atoms with Crippen LogP contribution in [0.25, 0.3) is 10.9 Å². The maximum atomic E-state index is 13.1. The highest BCUT2D eigenvalue weighted by atomic mass is 35.5. The molecule has 0 saturated heterocycles. The molecule has 0 radical (unpaired) electrons. The summed E-state index contributed by atoms with van der Waals surface area (Å²) in [6.45, 7) is 0.452. The number of halogens is 1. The number of methoxy groups -OCH3 is 1. The minimum absolute atomic E-state index is 0.000855. The quantitative estimate of drug-likeness (QED) is 0.188. The minimum Gasteiger partial charge on any atom is -0.497 e. The van der Waals surface area contributed by atoms with E-state index in [0.717, 1.165) is 47.9 Å². The smallest absolute Gasteiger partial charge is 0.289 e. The molecular formula is C31H33ClN6O2. The molecule has 40 heavy (non-hydrogen) atoms. The Morgan fingerprint density at radius 1 is 1.05 bits per heavy atom. The van der Waals surface area contributed by atoms with E-state index >= 15 is 0 Å². The van der Waals surface area contributed by atoms with Gasteiger partial charge in [-0.15, -0.1) is 0 Å². The van der Waals surface area contributed by atoms with Crippen molar-refractivity contribution in [2.45, 2.75) is 44.2 Å². The molecule has 0 bridgehead atoms. The van der Waals surface area contributed by atoms with Gasteiger partial charge in [0.1, 0.15) is 17.4 Å². The number of hydrogen-bond donors (Lipinski definition) is 3. The van der Waals surface area contributed by atoms with Crippen LogP contribution in [0.3, 0.4) is 0 Å². The summed E-state index contributed by atoms with van der Waals surface area (Å²) >= 11 is 6.34. The van der Waals surface area contributed by atoms with Crippen LogP contribution in [-0.4, -0.2) is 47.4 Å². The fraction of sp³-hybridized carbons (Fsp3) is 0.290. The van der Waals surface area contributed by atoms with E-state index in [-0.39, 0.29) is 23.8 Å². The Morgan fingerprint density at radius 2 is 1.82 bits per heavy atom. The molecule has 1 fully saturated rings. The van der Waals surface area contributed by atoms with Crippen molar-refractivity contribution in [1.29, 1.82) is 0 Å². The number of fused-ring (bicyclic) bond motifs is 1. The molecule has 1 saturated carbocycles. The summed E-state index contributed by atoms with van der Waals surface area (Å²) in [7, 11) is 1.64. The Kier molecular flexibility index (Phi) is 8.76. The summed E-state index contributed by atoms with van der Waals surface area (Å²) in [5.74, 6) is 1.66. The number of nitrogens with one attached hydrogen (secondary N) is 2. The second-order valence-corrected chi connectivity index (χ2v) is 10.3. The normalized spacial score (nSPS) is 17.4. The summed E-state index contributed by atoms with van der Waals surface area (Å²) in [5.41, 5.74) is 9.02. The van der Waals surface area contributed by atoms with E-state index in [1.165, 1.54) is 0 Å². The molecule has 1 aliphatic rings. The number of hydrogen-bond acceptors (Lipinski definition) is 6. The largest absolute Gasteiger partial charge is 0.497 e. The second kappa shape index (κ2) is 12.8. The van der Waals surface area contributed by atoms with Gasteiger partial charge in [0, 0.05) is 28.6 Å². The zero-order valence-corrected chi connectivity index (χ0v) is 23.2. The number of nitrogens with zero attached hydrogens (tertiary/aromatic N) is 3. The van der Waals surface area contributed by atoms with Crippen LogP contribution in [0.5, 0.6) is 5.75 Å². The zero-order chi connectivity index (χ0) is 27.9. The molecule has 1 aromatic heterocycles. The van der Waals surface area contributed by atoms with Crippen molar-refractivity contribution < 1.29 is 9.53 Å². The maximum absolute atomic E-state index is 13.1. The van der Waals surface area contributed by atoms with Crippen LogP contribution in [-0.2, 0) is 6.42 Å². The number of carbonyl (C=O) groups is 1. The number of carbonyl (C=O) groups excluding carboxylic acids is 1. The average molecular weight is 557 g/mol. The van der Waals surface area contributed by atoms with Crippen LogP contribution >= 0.6 is 11.6 Å². The lowest BCUT2D eigenvalue weighted by Crippen LogP contribution is -2.37. The predicted octanol–water partition coefficient (Wildman–Crippen LogP) is 5.39. The van der Waals surface area contributed by atoms with E-state index in [9.17, 15) is 4.79 Å². The molecule has 3 aromatic carbocycles. The minimum atomic E-state index is -0.333. The van der Waals surface area contributed by atoms with Crippen LogP contribution in [0.15, 0.2) is 77.8 Å². The van der Waals surface area contributed by atoms with Gasteiger partial charge < -0.3 is 21.1 Å². The number of amides is 1. The summed E-state index contributed by atoms with van der Waals surface area (Å²) in [4.78, 5) is 27.2. The molecule has 8 nitrogen and oxygen atoms in total. The summed E-state index contributed by atoms with van der Waals surface area (Å²) in [6.07, 6.45) is 4.64. The predicted molar refractivity (Wildman–Crippen MR) is 160 cm³/mol. The highest BCUT2D eigenvalue weighted by molar-refractivity contribution is 6.31. The Labute approximate surface area is 239 Å². The molecule has 206 valence electrons. The number of nitrogens with two attached hydrogens (primary N) is 1. The number of rotatable bonds is 9. The standard InChI is InChI=1S/C31H33ClN6O2/c1-40-23-14-11-20(12-15-23)17-18-34-31(39)30-36-25-16-13-22(32)19-24(25)29(38-30)37-27-10-6-5-9-26(27)35-28(33)21-7-3-2-4-8-21/h2-4,7-8,11-16,19,26-27H,5-6,9-10,17-18H2,1H3,(H2,33,35)(H,34,39)(H,36,37,38)/t26-,27+/m1/s1. The summed E-state index contributed by atoms with van der Waals surface area (Å²) in [5, 5.41) is 7.86. The van der Waals surface area contributed by atoms with Crippen molar-refractivity contribution in [2.75, 3.05) is 19.0 Å². The van der Waals surface area contributed by atoms with Crippen LogP contribution in [0, 0.1) is 0 Å². The molecule has 0 spiro atoms. The van der Waals surface area contributed by atoms with Gasteiger partial charge in [-0.2, -0.15) is 0 Å². The van der Waals surface area contributed by atoms with Crippen molar-refractivity contribution in [1.82, 2.24) is 15.3 Å². The third-order valence-corrected chi connectivity index (χ3v) is 7.38. The number of ether oxygens (including phenoxy) is 1. The third kappa shape index (κ3) is 6.69. The second-order valence-electron chi connectivity index (χ2n) is 9.89. The van der Waals surface area contributed by atoms with Crippen molar-refractivity contribution in [3.8, 4) is 5.75 Å². The first kappa shape index (κ1) is 27.4. The number of benzene rings is 3. The molecule has 5 rings (SSSR count). The molecule has 0 unspecified atom stereocenters. The Morgan fingerprint density at radius 3 is 2.60 bits per heavy atom. The van der Waals surface area contributed by atoms with Gasteiger partial charge in [0.15, 0.2) is 0 Å². The third-order valence-electron chi connectivity index (χ3n) is 7.15. The van der Waals surface area contributed by atoms with E-state index in [0.29, 0.717) is 35.2 Å². The SMILES string of the molecule is COc1ccc(CCNC(=O)c2nc(N[C@H]3CCCC[C@H]3N=C(N)c3ccccc3)c3cc(Cl)ccc3n2)cc1. The van der Waals surface area contributed by atoms with Crippen molar-refractivity contribution in [3.05, 3.63) is 94.8 Å². The highest BCUT2D eigenvalue weighted by Gasteiger charge is 2.27. The molecule has 1 amide bonds. The average Bonchev–Trinajstić information content (AvgIpc) is 2.99. The molecule has 4 N–H and O–H groups in total. The highest BCUT2D eigenvalue weighted by Crippen LogP contribution is 2.29. The Hall–Kier alpha value is -4.17. The number of anilines is 1. The number of aromatic nitrogens is 2. The molecule has 1 aliphatic carbocycles. The van der Waals surface area contributed by atoms with Crippen LogP contribution in [0.2, 0.25) is 5.02 Å². The summed E-state index contributed by atoms with van der Waals surface area (Å²) < 4.78 is 5.21. The van der Waals surface area contributed by atoms with E-state index < -0.39 is 0 Å². The summed E-state index contributed by atoms with van der Waals surface area (Å²) in [6, 6.07) is 22.9. The monoisotopic (exact) mass is 556 g/mol. The van der Waals surface area contributed by atoms with Gasteiger partial charge >= 0.3 is 0 Å². The van der Waals surface area contributed by atoms with Gasteiger partial charge in [0.05, 0.1) is 18.7 Å². The van der Waals surface area contributed by atoms with E-state index in [2.05, 4.69) is 20.6 Å². The van der Waals surface area contributed by atoms with Gasteiger partial charge in [-0.3, -0.25) is 9.79 Å². The molecule has 9 heteroatoms. The zero-order valence-electron chi connectivity index (χ0n) is 22.4. The lowest BCUT2D eigenvalue weighted by molar-refractivity contribution is 0.0944. The fourth-order valence-electron chi connectivity index (χ4n) is 4.98. The van der Waals surface area contributed by atoms with Gasteiger partial charge in [-0.25, -0.2) is 9.97 Å². The van der Waals surface area contributed by atoms with Crippen LogP contribution in [0.1, 0.15) is 47.4 Å². The van der Waals surface area contributed by atoms with E-state index in [1.807, 2.05) is 66.7 Å². The topological polar surface area (TPSA) is 115 Å². The Balaban J connectivity index is 1.36. The van der Waals surface area contributed by atoms with Crippen molar-refractivity contribution >= 4 is 40.1 Å². The molecular weight excluding hydrogens is 524 g/mol. The fourth-order valence-corrected chi connectivity index (χ4v) is 5.15. The van der Waals surface area contributed by atoms with Crippen molar-refractivity contribution in [3.63, 3.8) is 0 Å². The molecule has 2 atom stereocenters. The first-order chi connectivity index (χ1) is 19.5. The van der Waals surface area contributed by atoms with Gasteiger partial charge in [0.25, 0.3) is 5.91 Å². The van der Waals surface area contributed by atoms with Crippen LogP contribution in [0.4, 0.5) is 5.82 Å². The van der Waals surface area contributed by atoms with E-state index in [1.54, 1.807) is 13.2 Å². The van der Waals surface area contributed by atoms with Crippen molar-refractivity contribution in [2.24, 2.45) is 10.7 Å². The number of aliphatic imine (C=N–C) groups is 1. The lowest BCUT2D eigenvalue weighted by atomic mass is 9.90. The molecule has 4 aromatic rings. The van der Waals surface area contributed by atoms with Gasteiger partial charge in [-0.1, -0.05) is 66.9 Å². The molecule has 0 aliphatic heterocycles. The molecule has 1 heterocycles. The number of amidine groups is 1. The Bertz CT molecular complexity index is 1490. The first-order valence-corrected chi connectivity index (χ1v) is 13.9. The first-order valence-electron chi connectivity index (χ1n) is 13.5. The van der Waals surface area contributed by atoms with Gasteiger partial charge in [0.2, 0.25) is 5.82 Å². The lowest BCUT2D eigenvalue weighted by Gasteiger charge is -2.30. The van der Waals surface area contributed by atoms with Gasteiger partial charge in [-0.05, 0) is 55.2 Å². The van der Waals surface area contributed by atoms with Crippen LogP contribution < -0.4 is 21.1 Å². The maximum Gasteiger partial charge on any atom is 0.289 e.